The first-order valence-corrected chi connectivity index (χ1v) is 6.10. The molecule has 0 aliphatic carbocycles. The number of carbonyl (C=O) groups is 1. The topological polar surface area (TPSA) is 97.2 Å². The Kier molecular flexibility index (Phi) is 4.09. The number of pyridine rings is 1. The molecule has 1 aromatic carbocycles. The minimum atomic E-state index is -0.436. The summed E-state index contributed by atoms with van der Waals surface area (Å²) >= 11 is 0. The van der Waals surface area contributed by atoms with Gasteiger partial charge >= 0.3 is 0 Å². The van der Waals surface area contributed by atoms with Crippen LogP contribution in [0.3, 0.4) is 0 Å². The van der Waals surface area contributed by atoms with E-state index in [9.17, 15) is 14.9 Å². The van der Waals surface area contributed by atoms with Crippen molar-refractivity contribution in [1.82, 2.24) is 10.3 Å². The number of amides is 1. The van der Waals surface area contributed by atoms with Gasteiger partial charge in [0.15, 0.2) is 0 Å². The highest BCUT2D eigenvalue weighted by molar-refractivity contribution is 5.82. The van der Waals surface area contributed by atoms with Gasteiger partial charge in [-0.3, -0.25) is 14.9 Å². The van der Waals surface area contributed by atoms with Gasteiger partial charge in [-0.25, -0.2) is 4.98 Å². The summed E-state index contributed by atoms with van der Waals surface area (Å²) in [7, 11) is 1.59. The Labute approximate surface area is 115 Å². The van der Waals surface area contributed by atoms with Gasteiger partial charge in [0.05, 0.1) is 10.4 Å². The molecule has 0 spiro atoms. The maximum Gasteiger partial charge on any atom is 0.270 e. The van der Waals surface area contributed by atoms with Crippen LogP contribution < -0.4 is 10.6 Å². The fourth-order valence-electron chi connectivity index (χ4n) is 1.75. The number of non-ortho nitro benzene ring substituents is 1. The van der Waals surface area contributed by atoms with E-state index < -0.39 is 4.92 Å². The zero-order valence-electron chi connectivity index (χ0n) is 10.9. The molecule has 1 heterocycles. The van der Waals surface area contributed by atoms with Crippen molar-refractivity contribution in [2.45, 2.75) is 6.42 Å². The smallest absolute Gasteiger partial charge is 0.270 e. The van der Waals surface area contributed by atoms with Crippen molar-refractivity contribution in [3.63, 3.8) is 0 Å². The number of rotatable bonds is 5. The van der Waals surface area contributed by atoms with Crippen LogP contribution in [0.2, 0.25) is 0 Å². The molecule has 0 aliphatic heterocycles. The lowest BCUT2D eigenvalue weighted by molar-refractivity contribution is -0.384. The third kappa shape index (κ3) is 3.19. The van der Waals surface area contributed by atoms with Crippen molar-refractivity contribution in [3.05, 3.63) is 40.4 Å². The predicted molar refractivity (Wildman–Crippen MR) is 75.6 cm³/mol. The van der Waals surface area contributed by atoms with Crippen molar-refractivity contribution in [1.29, 1.82) is 0 Å². The number of hydrogen-bond donors (Lipinski definition) is 2. The normalized spacial score (nSPS) is 10.2. The first-order valence-electron chi connectivity index (χ1n) is 6.10. The van der Waals surface area contributed by atoms with E-state index in [1.54, 1.807) is 25.2 Å². The summed E-state index contributed by atoms with van der Waals surface area (Å²) in [5.74, 6) is 0.587. The minimum Gasteiger partial charge on any atom is -0.370 e. The van der Waals surface area contributed by atoms with Crippen LogP contribution in [0.15, 0.2) is 30.3 Å². The van der Waals surface area contributed by atoms with Crippen LogP contribution in [0.4, 0.5) is 11.5 Å². The van der Waals surface area contributed by atoms with E-state index in [1.165, 1.54) is 12.1 Å². The number of carbonyl (C=O) groups excluding carboxylic acids is 1. The summed E-state index contributed by atoms with van der Waals surface area (Å²) < 4.78 is 0. The third-order valence-corrected chi connectivity index (χ3v) is 2.82. The molecule has 7 nitrogen and oxygen atoms in total. The zero-order valence-corrected chi connectivity index (χ0v) is 10.9. The van der Waals surface area contributed by atoms with Gasteiger partial charge in [-0.15, -0.1) is 0 Å². The molecule has 2 N–H and O–H groups in total. The quantitative estimate of drug-likeness (QED) is 0.638. The highest BCUT2D eigenvalue weighted by Crippen LogP contribution is 2.20. The molecule has 0 saturated heterocycles. The van der Waals surface area contributed by atoms with E-state index in [4.69, 9.17) is 0 Å². The highest BCUT2D eigenvalue weighted by atomic mass is 16.6. The monoisotopic (exact) mass is 274 g/mol. The lowest BCUT2D eigenvalue weighted by Gasteiger charge is -2.06. The van der Waals surface area contributed by atoms with Crippen molar-refractivity contribution in [2.75, 3.05) is 18.9 Å². The van der Waals surface area contributed by atoms with E-state index in [1.807, 2.05) is 0 Å². The van der Waals surface area contributed by atoms with Crippen LogP contribution in [-0.4, -0.2) is 29.4 Å². The van der Waals surface area contributed by atoms with Crippen LogP contribution in [0.25, 0.3) is 10.9 Å². The molecule has 0 bridgehead atoms. The molecule has 0 unspecified atom stereocenters. The number of aromatic nitrogens is 1. The SMILES string of the molecule is CNC(=O)CCNc1ccc2cc([N+](=O)[O-])ccc2n1. The van der Waals surface area contributed by atoms with E-state index >= 15 is 0 Å². The van der Waals surface area contributed by atoms with Gasteiger partial charge in [0.1, 0.15) is 5.82 Å². The van der Waals surface area contributed by atoms with Gasteiger partial charge in [0.2, 0.25) is 5.91 Å². The average Bonchev–Trinajstić information content (AvgIpc) is 2.46. The number of nitrogens with zero attached hydrogens (tertiary/aromatic N) is 2. The summed E-state index contributed by atoms with van der Waals surface area (Å²) in [6.07, 6.45) is 0.358. The number of nitrogens with one attached hydrogen (secondary N) is 2. The maximum absolute atomic E-state index is 11.1. The molecular formula is C13H14N4O3. The number of nitro groups is 1. The molecule has 2 aromatic rings. The lowest BCUT2D eigenvalue weighted by atomic mass is 10.2. The maximum atomic E-state index is 11.1. The summed E-state index contributed by atoms with van der Waals surface area (Å²) in [5.41, 5.74) is 0.708. The van der Waals surface area contributed by atoms with Gasteiger partial charge in [-0.1, -0.05) is 0 Å². The molecule has 0 atom stereocenters. The van der Waals surface area contributed by atoms with E-state index in [-0.39, 0.29) is 11.6 Å². The van der Waals surface area contributed by atoms with Gasteiger partial charge in [-0.2, -0.15) is 0 Å². The van der Waals surface area contributed by atoms with E-state index in [0.717, 1.165) is 0 Å². The van der Waals surface area contributed by atoms with Crippen LogP contribution in [-0.2, 0) is 4.79 Å². The molecule has 0 radical (unpaired) electrons. The molecule has 0 fully saturated rings. The molecule has 1 aromatic heterocycles. The molecule has 1 amide bonds. The molecule has 0 aliphatic rings. The van der Waals surface area contributed by atoms with Crippen LogP contribution in [0, 0.1) is 10.1 Å². The molecule has 0 saturated carbocycles. The summed E-state index contributed by atoms with van der Waals surface area (Å²) in [6, 6.07) is 8.01. The molecule has 104 valence electrons. The average molecular weight is 274 g/mol. The van der Waals surface area contributed by atoms with Gasteiger partial charge < -0.3 is 10.6 Å². The van der Waals surface area contributed by atoms with Crippen LogP contribution in [0.5, 0.6) is 0 Å². The summed E-state index contributed by atoms with van der Waals surface area (Å²) in [5, 5.41) is 17.0. The van der Waals surface area contributed by atoms with Gasteiger partial charge in [0.25, 0.3) is 5.69 Å². The number of fused-ring (bicyclic) bond motifs is 1. The lowest BCUT2D eigenvalue weighted by Crippen LogP contribution is -2.20. The third-order valence-electron chi connectivity index (χ3n) is 2.82. The Morgan fingerprint density at radius 1 is 1.35 bits per heavy atom. The van der Waals surface area contributed by atoms with Crippen molar-refractivity contribution < 1.29 is 9.72 Å². The number of benzene rings is 1. The fraction of sp³-hybridized carbons (Fsp3) is 0.231. The second kappa shape index (κ2) is 5.96. The molecular weight excluding hydrogens is 260 g/mol. The van der Waals surface area contributed by atoms with E-state index in [0.29, 0.717) is 29.7 Å². The Bertz CT molecular complexity index is 657. The second-order valence-corrected chi connectivity index (χ2v) is 4.18. The van der Waals surface area contributed by atoms with E-state index in [2.05, 4.69) is 15.6 Å². The number of nitro benzene ring substituents is 1. The summed E-state index contributed by atoms with van der Waals surface area (Å²) in [6.45, 7) is 0.477. The summed E-state index contributed by atoms with van der Waals surface area (Å²) in [4.78, 5) is 25.7. The van der Waals surface area contributed by atoms with Crippen molar-refractivity contribution in [3.8, 4) is 0 Å². The Balaban J connectivity index is 2.11. The predicted octanol–water partition coefficient (Wildman–Crippen LogP) is 1.69. The van der Waals surface area contributed by atoms with Crippen LogP contribution >= 0.6 is 0 Å². The largest absolute Gasteiger partial charge is 0.370 e. The fourth-order valence-corrected chi connectivity index (χ4v) is 1.75. The molecule has 2 rings (SSSR count). The molecule has 7 heteroatoms. The minimum absolute atomic E-state index is 0.0413. The Morgan fingerprint density at radius 3 is 2.85 bits per heavy atom. The zero-order chi connectivity index (χ0) is 14.5. The highest BCUT2D eigenvalue weighted by Gasteiger charge is 2.07. The van der Waals surface area contributed by atoms with Crippen molar-refractivity contribution >= 4 is 28.3 Å². The second-order valence-electron chi connectivity index (χ2n) is 4.18. The molecule has 20 heavy (non-hydrogen) atoms. The first-order chi connectivity index (χ1) is 9.60. The number of hydrogen-bond acceptors (Lipinski definition) is 5. The van der Waals surface area contributed by atoms with Gasteiger partial charge in [-0.05, 0) is 18.2 Å². The Hall–Kier alpha value is -2.70. The standard InChI is InChI=1S/C13H14N4O3/c1-14-13(18)6-7-15-12-5-2-9-8-10(17(19)20)3-4-11(9)16-12/h2-5,8H,6-7H2,1H3,(H,14,18)(H,15,16). The van der Waals surface area contributed by atoms with Gasteiger partial charge in [0, 0.05) is 37.5 Å². The first kappa shape index (κ1) is 13.7. The van der Waals surface area contributed by atoms with Crippen molar-refractivity contribution in [2.24, 2.45) is 0 Å². The number of anilines is 1. The Morgan fingerprint density at radius 2 is 2.15 bits per heavy atom. The van der Waals surface area contributed by atoms with Crippen LogP contribution in [0.1, 0.15) is 6.42 Å².